The molecule has 0 unspecified atom stereocenters. The number of likely N-dealkylation sites (tertiary alicyclic amines) is 1. The summed E-state index contributed by atoms with van der Waals surface area (Å²) in [6.07, 6.45) is -5.18. The van der Waals surface area contributed by atoms with Crippen molar-refractivity contribution < 1.29 is 33.0 Å². The third kappa shape index (κ3) is 2.05. The Hall–Kier alpha value is -1.31. The quantitative estimate of drug-likeness (QED) is 0.751. The van der Waals surface area contributed by atoms with Gasteiger partial charge in [0.15, 0.2) is 5.60 Å². The van der Waals surface area contributed by atoms with Crippen LogP contribution in [0.5, 0.6) is 0 Å². The van der Waals surface area contributed by atoms with Gasteiger partial charge in [0.25, 0.3) is 0 Å². The van der Waals surface area contributed by atoms with Crippen LogP contribution in [0.2, 0.25) is 0 Å². The first-order chi connectivity index (χ1) is 8.16. The second-order valence-corrected chi connectivity index (χ2v) is 4.83. The number of aliphatic carboxylic acids is 1. The third-order valence-corrected chi connectivity index (χ3v) is 3.51. The monoisotopic (exact) mass is 267 g/mol. The maximum atomic E-state index is 12.5. The van der Waals surface area contributed by atoms with Crippen molar-refractivity contribution >= 4 is 11.9 Å². The fourth-order valence-electron chi connectivity index (χ4n) is 2.19. The van der Waals surface area contributed by atoms with Gasteiger partial charge >= 0.3 is 12.1 Å². The number of halogens is 3. The van der Waals surface area contributed by atoms with E-state index in [0.29, 0.717) is 0 Å². The number of carbonyl (C=O) groups is 2. The average Bonchev–Trinajstić information content (AvgIpc) is 2.93. The number of carboxylic acids is 1. The minimum atomic E-state index is -4.78. The van der Waals surface area contributed by atoms with Gasteiger partial charge in [-0.1, -0.05) is 0 Å². The molecule has 8 heteroatoms. The summed E-state index contributed by atoms with van der Waals surface area (Å²) in [6.45, 7) is -1.00. The molecular formula is C10H12F3NO4. The molecule has 2 N–H and O–H groups in total. The van der Waals surface area contributed by atoms with Gasteiger partial charge in [-0.25, -0.2) is 0 Å². The minimum Gasteiger partial charge on any atom is -0.481 e. The van der Waals surface area contributed by atoms with Gasteiger partial charge in [0.1, 0.15) is 0 Å². The highest BCUT2D eigenvalue weighted by Gasteiger charge is 2.59. The lowest BCUT2D eigenvalue weighted by Gasteiger charge is -2.25. The normalized spacial score (nSPS) is 35.7. The van der Waals surface area contributed by atoms with Crippen molar-refractivity contribution in [3.63, 3.8) is 0 Å². The molecule has 102 valence electrons. The van der Waals surface area contributed by atoms with E-state index >= 15 is 0 Å². The summed E-state index contributed by atoms with van der Waals surface area (Å²) in [5, 5.41) is 18.0. The van der Waals surface area contributed by atoms with Gasteiger partial charge in [-0.2, -0.15) is 13.2 Å². The van der Waals surface area contributed by atoms with Crippen LogP contribution in [-0.2, 0) is 9.59 Å². The highest BCUT2D eigenvalue weighted by atomic mass is 19.4. The van der Waals surface area contributed by atoms with E-state index < -0.39 is 48.5 Å². The second-order valence-electron chi connectivity index (χ2n) is 4.83. The van der Waals surface area contributed by atoms with Crippen LogP contribution in [0.4, 0.5) is 13.2 Å². The zero-order valence-electron chi connectivity index (χ0n) is 9.28. The molecule has 0 aromatic carbocycles. The van der Waals surface area contributed by atoms with Crippen LogP contribution in [0.1, 0.15) is 12.8 Å². The Morgan fingerprint density at radius 3 is 2.28 bits per heavy atom. The van der Waals surface area contributed by atoms with Crippen molar-refractivity contribution in [2.45, 2.75) is 24.6 Å². The lowest BCUT2D eigenvalue weighted by Crippen LogP contribution is -2.48. The number of hydrogen-bond acceptors (Lipinski definition) is 3. The lowest BCUT2D eigenvalue weighted by atomic mass is 10.0. The van der Waals surface area contributed by atoms with E-state index in [1.165, 1.54) is 0 Å². The van der Waals surface area contributed by atoms with Gasteiger partial charge < -0.3 is 15.1 Å². The molecule has 5 nitrogen and oxygen atoms in total. The summed E-state index contributed by atoms with van der Waals surface area (Å²) in [5.74, 6) is -3.25. The summed E-state index contributed by atoms with van der Waals surface area (Å²) in [7, 11) is 0. The fourth-order valence-corrected chi connectivity index (χ4v) is 2.19. The maximum Gasteiger partial charge on any atom is 0.419 e. The number of alkyl halides is 3. The standard InChI is InChI=1S/C10H12F3NO4/c11-10(12,13)9(18)1-2-14(4-9)7(15)5-3-6(5)8(16)17/h5-6,18H,1-4H2,(H,16,17)/t5-,6+,9-/m0/s1. The second kappa shape index (κ2) is 3.84. The Kier molecular flexibility index (Phi) is 2.80. The van der Waals surface area contributed by atoms with Gasteiger partial charge in [-0.05, 0) is 6.42 Å². The number of carboxylic acid groups (broad SMARTS) is 1. The van der Waals surface area contributed by atoms with Crippen molar-refractivity contribution in [2.24, 2.45) is 11.8 Å². The Labute approximate surface area is 100 Å². The molecule has 2 rings (SSSR count). The SMILES string of the molecule is O=C(O)[C@@H]1C[C@@H]1C(=O)N1CC[C@@](O)(C(F)(F)F)C1. The van der Waals surface area contributed by atoms with Crippen molar-refractivity contribution in [1.82, 2.24) is 4.90 Å². The molecule has 1 heterocycles. The van der Waals surface area contributed by atoms with Crippen molar-refractivity contribution in [1.29, 1.82) is 0 Å². The summed E-state index contributed by atoms with van der Waals surface area (Å²) in [4.78, 5) is 23.2. The van der Waals surface area contributed by atoms with Crippen LogP contribution in [0.15, 0.2) is 0 Å². The first-order valence-corrected chi connectivity index (χ1v) is 5.46. The molecule has 1 aliphatic heterocycles. The fraction of sp³-hybridized carbons (Fsp3) is 0.800. The molecule has 0 spiro atoms. The smallest absolute Gasteiger partial charge is 0.419 e. The Balaban J connectivity index is 1.98. The number of β-amino-alcohol motifs (C(OH)–C–C–N with tert-alkyl or cyclic N) is 1. The van der Waals surface area contributed by atoms with E-state index in [1.54, 1.807) is 0 Å². The van der Waals surface area contributed by atoms with Gasteiger partial charge in [0.05, 0.1) is 18.4 Å². The van der Waals surface area contributed by atoms with E-state index in [2.05, 4.69) is 0 Å². The third-order valence-electron chi connectivity index (χ3n) is 3.51. The molecule has 1 saturated heterocycles. The minimum absolute atomic E-state index is 0.162. The number of rotatable bonds is 2. The molecule has 0 bridgehead atoms. The molecule has 2 fully saturated rings. The van der Waals surface area contributed by atoms with E-state index in [1.807, 2.05) is 0 Å². The number of hydrogen-bond donors (Lipinski definition) is 2. The summed E-state index contributed by atoms with van der Waals surface area (Å²) in [6, 6.07) is 0. The van der Waals surface area contributed by atoms with Gasteiger partial charge in [0.2, 0.25) is 5.91 Å². The van der Waals surface area contributed by atoms with Gasteiger partial charge in [0, 0.05) is 13.0 Å². The first-order valence-electron chi connectivity index (χ1n) is 5.46. The summed E-state index contributed by atoms with van der Waals surface area (Å²) >= 11 is 0. The number of aliphatic hydroxyl groups is 1. The summed E-state index contributed by atoms with van der Waals surface area (Å²) in [5.41, 5.74) is -2.86. The predicted octanol–water partition coefficient (Wildman–Crippen LogP) is 0.233. The van der Waals surface area contributed by atoms with Crippen molar-refractivity contribution in [2.75, 3.05) is 13.1 Å². The van der Waals surface area contributed by atoms with E-state index in [0.717, 1.165) is 4.90 Å². The van der Waals surface area contributed by atoms with Crippen LogP contribution >= 0.6 is 0 Å². The number of amides is 1. The van der Waals surface area contributed by atoms with Crippen LogP contribution in [-0.4, -0.2) is 51.9 Å². The molecular weight excluding hydrogens is 255 g/mol. The topological polar surface area (TPSA) is 77.8 Å². The molecule has 0 radical (unpaired) electrons. The molecule has 2 aliphatic rings. The van der Waals surface area contributed by atoms with Gasteiger partial charge in [-0.3, -0.25) is 9.59 Å². The highest BCUT2D eigenvalue weighted by Crippen LogP contribution is 2.43. The number of carbonyl (C=O) groups excluding carboxylic acids is 1. The van der Waals surface area contributed by atoms with Crippen LogP contribution < -0.4 is 0 Å². The average molecular weight is 267 g/mol. The van der Waals surface area contributed by atoms with Crippen LogP contribution in [0.3, 0.4) is 0 Å². The van der Waals surface area contributed by atoms with E-state index in [9.17, 15) is 27.9 Å². The van der Waals surface area contributed by atoms with E-state index in [4.69, 9.17) is 5.11 Å². The lowest BCUT2D eigenvalue weighted by molar-refractivity contribution is -0.253. The zero-order valence-corrected chi connectivity index (χ0v) is 9.28. The Bertz CT molecular complexity index is 397. The van der Waals surface area contributed by atoms with Crippen molar-refractivity contribution in [3.05, 3.63) is 0 Å². The number of nitrogens with zero attached hydrogens (tertiary/aromatic N) is 1. The van der Waals surface area contributed by atoms with Crippen LogP contribution in [0.25, 0.3) is 0 Å². The molecule has 3 atom stereocenters. The highest BCUT2D eigenvalue weighted by molar-refractivity contribution is 5.89. The predicted molar refractivity (Wildman–Crippen MR) is 51.4 cm³/mol. The molecule has 1 saturated carbocycles. The first kappa shape index (κ1) is 13.1. The summed E-state index contributed by atoms with van der Waals surface area (Å²) < 4.78 is 37.6. The molecule has 0 aromatic rings. The van der Waals surface area contributed by atoms with Gasteiger partial charge in [-0.15, -0.1) is 0 Å². The molecule has 1 aliphatic carbocycles. The van der Waals surface area contributed by atoms with Crippen molar-refractivity contribution in [3.8, 4) is 0 Å². The van der Waals surface area contributed by atoms with E-state index in [-0.39, 0.29) is 13.0 Å². The molecule has 18 heavy (non-hydrogen) atoms. The molecule has 1 amide bonds. The Morgan fingerprint density at radius 1 is 1.28 bits per heavy atom. The van der Waals surface area contributed by atoms with Crippen LogP contribution in [0, 0.1) is 11.8 Å². The largest absolute Gasteiger partial charge is 0.481 e. The Morgan fingerprint density at radius 2 is 1.89 bits per heavy atom. The maximum absolute atomic E-state index is 12.5. The zero-order chi connectivity index (χ0) is 13.7. The molecule has 0 aromatic heterocycles.